The fourth-order valence-corrected chi connectivity index (χ4v) is 3.66. The summed E-state index contributed by atoms with van der Waals surface area (Å²) in [6.45, 7) is 4.82. The van der Waals surface area contributed by atoms with Crippen LogP contribution in [-0.4, -0.2) is 35.2 Å². The number of hydrogen-bond acceptors (Lipinski definition) is 4. The SMILES string of the molecule is CC1COc2cc(C(=O)NO)ccc2CN1CC1CCCCC1. The fourth-order valence-electron chi connectivity index (χ4n) is 3.66. The third-order valence-corrected chi connectivity index (χ3v) is 5.13. The van der Waals surface area contributed by atoms with Crippen molar-refractivity contribution in [2.24, 2.45) is 5.92 Å². The first-order chi connectivity index (χ1) is 11.2. The first-order valence-corrected chi connectivity index (χ1v) is 8.61. The highest BCUT2D eigenvalue weighted by Crippen LogP contribution is 2.30. The molecule has 23 heavy (non-hydrogen) atoms. The number of hydrogen-bond donors (Lipinski definition) is 2. The van der Waals surface area contributed by atoms with Crippen molar-refractivity contribution in [3.63, 3.8) is 0 Å². The minimum atomic E-state index is -0.507. The lowest BCUT2D eigenvalue weighted by atomic mass is 9.88. The summed E-state index contributed by atoms with van der Waals surface area (Å²) in [4.78, 5) is 14.1. The number of rotatable bonds is 3. The molecule has 2 aliphatic rings. The zero-order chi connectivity index (χ0) is 16.2. The zero-order valence-corrected chi connectivity index (χ0v) is 13.8. The second-order valence-electron chi connectivity index (χ2n) is 6.86. The number of carbonyl (C=O) groups excluding carboxylic acids is 1. The highest BCUT2D eigenvalue weighted by atomic mass is 16.5. The maximum absolute atomic E-state index is 11.5. The van der Waals surface area contributed by atoms with E-state index in [-0.39, 0.29) is 0 Å². The number of carbonyl (C=O) groups is 1. The number of fused-ring (bicyclic) bond motifs is 1. The molecular weight excluding hydrogens is 292 g/mol. The van der Waals surface area contributed by atoms with Crippen LogP contribution in [0.15, 0.2) is 18.2 Å². The van der Waals surface area contributed by atoms with Crippen LogP contribution in [0.25, 0.3) is 0 Å². The van der Waals surface area contributed by atoms with Gasteiger partial charge >= 0.3 is 0 Å². The van der Waals surface area contributed by atoms with E-state index in [9.17, 15) is 4.79 Å². The number of amides is 1. The van der Waals surface area contributed by atoms with Crippen LogP contribution < -0.4 is 10.2 Å². The Morgan fingerprint density at radius 3 is 2.87 bits per heavy atom. The summed E-state index contributed by atoms with van der Waals surface area (Å²) in [5, 5.41) is 8.77. The molecule has 1 atom stereocenters. The van der Waals surface area contributed by atoms with Crippen molar-refractivity contribution >= 4 is 5.91 Å². The molecule has 1 aliphatic carbocycles. The van der Waals surface area contributed by atoms with Crippen LogP contribution in [0.2, 0.25) is 0 Å². The molecule has 3 rings (SSSR count). The molecule has 2 N–H and O–H groups in total. The standard InChI is InChI=1S/C18H26N2O3/c1-13-12-23-17-9-15(18(21)19-22)7-8-16(17)11-20(13)10-14-5-3-2-4-6-14/h7-9,13-14,22H,2-6,10-12H2,1H3,(H,19,21). The van der Waals surface area contributed by atoms with Gasteiger partial charge < -0.3 is 4.74 Å². The van der Waals surface area contributed by atoms with Crippen LogP contribution in [0.5, 0.6) is 5.75 Å². The predicted molar refractivity (Wildman–Crippen MR) is 87.6 cm³/mol. The summed E-state index contributed by atoms with van der Waals surface area (Å²) in [6, 6.07) is 5.76. The Kier molecular flexibility index (Phi) is 5.18. The lowest BCUT2D eigenvalue weighted by Crippen LogP contribution is -2.38. The van der Waals surface area contributed by atoms with Crippen molar-refractivity contribution in [3.8, 4) is 5.75 Å². The van der Waals surface area contributed by atoms with Gasteiger partial charge in [0, 0.05) is 30.3 Å². The lowest BCUT2D eigenvalue weighted by molar-refractivity contribution is 0.0706. The second kappa shape index (κ2) is 7.32. The molecule has 126 valence electrons. The summed E-state index contributed by atoms with van der Waals surface area (Å²) in [7, 11) is 0. The van der Waals surface area contributed by atoms with Crippen LogP contribution in [0, 0.1) is 5.92 Å². The summed E-state index contributed by atoms with van der Waals surface area (Å²) in [6.07, 6.45) is 6.78. The van der Waals surface area contributed by atoms with Crippen molar-refractivity contribution in [1.82, 2.24) is 10.4 Å². The van der Waals surface area contributed by atoms with Crippen LogP contribution in [0.3, 0.4) is 0 Å². The normalized spacial score (nSPS) is 22.8. The second-order valence-corrected chi connectivity index (χ2v) is 6.86. The molecule has 1 heterocycles. The molecule has 1 amide bonds. The fraction of sp³-hybridized carbons (Fsp3) is 0.611. The van der Waals surface area contributed by atoms with Gasteiger partial charge in [-0.05, 0) is 37.8 Å². The molecule has 5 heteroatoms. The van der Waals surface area contributed by atoms with Gasteiger partial charge in [0.25, 0.3) is 5.91 Å². The maximum Gasteiger partial charge on any atom is 0.274 e. The van der Waals surface area contributed by atoms with E-state index in [1.807, 2.05) is 6.07 Å². The average Bonchev–Trinajstić information content (AvgIpc) is 2.74. The zero-order valence-electron chi connectivity index (χ0n) is 13.8. The van der Waals surface area contributed by atoms with Crippen LogP contribution in [-0.2, 0) is 6.54 Å². The van der Waals surface area contributed by atoms with E-state index in [2.05, 4.69) is 11.8 Å². The van der Waals surface area contributed by atoms with Crippen LogP contribution >= 0.6 is 0 Å². The Labute approximate surface area is 137 Å². The summed E-state index contributed by atoms with van der Waals surface area (Å²) >= 11 is 0. The van der Waals surface area contributed by atoms with Gasteiger partial charge in [0.15, 0.2) is 0 Å². The van der Waals surface area contributed by atoms with Crippen molar-refractivity contribution in [3.05, 3.63) is 29.3 Å². The van der Waals surface area contributed by atoms with Gasteiger partial charge in [-0.3, -0.25) is 14.9 Å². The highest BCUT2D eigenvalue weighted by Gasteiger charge is 2.25. The Balaban J connectivity index is 1.74. The van der Waals surface area contributed by atoms with Gasteiger partial charge in [-0.2, -0.15) is 0 Å². The Hall–Kier alpha value is -1.59. The van der Waals surface area contributed by atoms with E-state index in [0.717, 1.165) is 30.3 Å². The largest absolute Gasteiger partial charge is 0.492 e. The van der Waals surface area contributed by atoms with E-state index < -0.39 is 5.91 Å². The Bertz CT molecular complexity index is 555. The molecule has 1 aromatic carbocycles. The molecule has 1 unspecified atom stereocenters. The number of nitrogens with zero attached hydrogens (tertiary/aromatic N) is 1. The summed E-state index contributed by atoms with van der Waals surface area (Å²) < 4.78 is 5.91. The monoisotopic (exact) mass is 318 g/mol. The topological polar surface area (TPSA) is 61.8 Å². The van der Waals surface area contributed by atoms with Crippen molar-refractivity contribution in [2.45, 2.75) is 51.6 Å². The van der Waals surface area contributed by atoms with E-state index in [0.29, 0.717) is 18.2 Å². The van der Waals surface area contributed by atoms with Gasteiger partial charge in [-0.1, -0.05) is 25.3 Å². The third kappa shape index (κ3) is 3.85. The smallest absolute Gasteiger partial charge is 0.274 e. The number of benzene rings is 1. The molecule has 1 fully saturated rings. The van der Waals surface area contributed by atoms with Gasteiger partial charge in [0.2, 0.25) is 0 Å². The Morgan fingerprint density at radius 2 is 2.13 bits per heavy atom. The molecule has 5 nitrogen and oxygen atoms in total. The average molecular weight is 318 g/mol. The molecule has 0 aromatic heterocycles. The van der Waals surface area contributed by atoms with Gasteiger partial charge in [0.1, 0.15) is 12.4 Å². The van der Waals surface area contributed by atoms with Crippen molar-refractivity contribution in [2.75, 3.05) is 13.2 Å². The van der Waals surface area contributed by atoms with E-state index in [4.69, 9.17) is 9.94 Å². The van der Waals surface area contributed by atoms with Gasteiger partial charge in [0.05, 0.1) is 0 Å². The Morgan fingerprint density at radius 1 is 1.35 bits per heavy atom. The lowest BCUT2D eigenvalue weighted by Gasteiger charge is -2.32. The molecule has 1 saturated carbocycles. The van der Waals surface area contributed by atoms with E-state index >= 15 is 0 Å². The molecule has 1 aromatic rings. The number of ether oxygens (including phenoxy) is 1. The molecule has 0 spiro atoms. The molecule has 0 radical (unpaired) electrons. The first-order valence-electron chi connectivity index (χ1n) is 8.61. The maximum atomic E-state index is 11.5. The minimum absolute atomic E-state index is 0.361. The predicted octanol–water partition coefficient (Wildman–Crippen LogP) is 2.97. The molecule has 0 bridgehead atoms. The minimum Gasteiger partial charge on any atom is -0.492 e. The van der Waals surface area contributed by atoms with Crippen molar-refractivity contribution in [1.29, 1.82) is 0 Å². The third-order valence-electron chi connectivity index (χ3n) is 5.13. The summed E-state index contributed by atoms with van der Waals surface area (Å²) in [5.74, 6) is 1.05. The van der Waals surface area contributed by atoms with Gasteiger partial charge in [-0.15, -0.1) is 0 Å². The van der Waals surface area contributed by atoms with Crippen LogP contribution in [0.4, 0.5) is 0 Å². The van der Waals surface area contributed by atoms with E-state index in [1.165, 1.54) is 32.1 Å². The van der Waals surface area contributed by atoms with E-state index in [1.54, 1.807) is 17.6 Å². The quantitative estimate of drug-likeness (QED) is 0.664. The van der Waals surface area contributed by atoms with Crippen molar-refractivity contribution < 1.29 is 14.7 Å². The summed E-state index contributed by atoms with van der Waals surface area (Å²) in [5.41, 5.74) is 3.20. The van der Waals surface area contributed by atoms with Gasteiger partial charge in [-0.25, -0.2) is 5.48 Å². The number of nitrogens with one attached hydrogen (secondary N) is 1. The number of hydroxylamine groups is 1. The first kappa shape index (κ1) is 16.3. The van der Waals surface area contributed by atoms with Crippen LogP contribution in [0.1, 0.15) is 54.9 Å². The molecular formula is C18H26N2O3. The molecule has 0 saturated heterocycles. The molecule has 1 aliphatic heterocycles. The highest BCUT2D eigenvalue weighted by molar-refractivity contribution is 5.93.